The average molecular weight is 615 g/mol. The molecular weight excluding hydrogens is 585 g/mol. The number of rotatable bonds is 3. The van der Waals surface area contributed by atoms with Crippen LogP contribution in [-0.4, -0.2) is 26.5 Å². The molecule has 4 heterocycles. The molecule has 0 saturated heterocycles. The van der Waals surface area contributed by atoms with Crippen LogP contribution < -0.4 is 0 Å². The van der Waals surface area contributed by atoms with Crippen LogP contribution in [0, 0.1) is 0 Å². The molecule has 0 aliphatic carbocycles. The summed E-state index contributed by atoms with van der Waals surface area (Å²) in [5.74, 6) is 0.908. The van der Waals surface area contributed by atoms with Crippen LogP contribution in [0.15, 0.2) is 181 Å². The lowest BCUT2D eigenvalue weighted by atomic mass is 9.93. The number of hydrogen-bond acceptors (Lipinski definition) is 2. The molecule has 8 aromatic rings. The second kappa shape index (κ2) is 10.6. The van der Waals surface area contributed by atoms with E-state index in [0.29, 0.717) is 0 Å². The number of hydrogen-bond donors (Lipinski definition) is 0. The molecular formula is C44H30N4. The second-order valence-corrected chi connectivity index (χ2v) is 12.4. The quantitative estimate of drug-likeness (QED) is 0.194. The van der Waals surface area contributed by atoms with Crippen LogP contribution in [0.1, 0.15) is 5.56 Å². The molecule has 0 N–H and O–H groups in total. The first kappa shape index (κ1) is 26.8. The predicted octanol–water partition coefficient (Wildman–Crippen LogP) is 10.6. The molecule has 2 aliphatic heterocycles. The van der Waals surface area contributed by atoms with Gasteiger partial charge < -0.3 is 9.47 Å². The molecule has 4 nitrogen and oxygen atoms in total. The minimum Gasteiger partial charge on any atom is -0.316 e. The summed E-state index contributed by atoms with van der Waals surface area (Å²) in [5, 5.41) is 6.15. The maximum absolute atomic E-state index is 5.30. The number of aromatic nitrogens is 2. The Labute approximate surface area is 278 Å². The summed E-state index contributed by atoms with van der Waals surface area (Å²) >= 11 is 0. The summed E-state index contributed by atoms with van der Waals surface area (Å²) < 4.78 is 4.64. The van der Waals surface area contributed by atoms with E-state index in [9.17, 15) is 0 Å². The first-order valence-corrected chi connectivity index (χ1v) is 16.4. The Bertz CT molecular complexity index is 2690. The number of aliphatic imine (C=N–C) groups is 1. The highest BCUT2D eigenvalue weighted by Crippen LogP contribution is 2.40. The fraction of sp³-hybridized carbons (Fsp3) is 0.0227. The van der Waals surface area contributed by atoms with E-state index in [0.717, 1.165) is 40.5 Å². The van der Waals surface area contributed by atoms with Crippen molar-refractivity contribution < 1.29 is 0 Å². The fourth-order valence-electron chi connectivity index (χ4n) is 7.63. The molecule has 0 radical (unpaired) electrons. The number of benzene rings is 6. The van der Waals surface area contributed by atoms with E-state index >= 15 is 0 Å². The molecule has 6 aromatic carbocycles. The molecule has 48 heavy (non-hydrogen) atoms. The van der Waals surface area contributed by atoms with Crippen molar-refractivity contribution in [3.8, 4) is 16.8 Å². The Morgan fingerprint density at radius 3 is 2.31 bits per heavy atom. The van der Waals surface area contributed by atoms with Crippen LogP contribution in [0.5, 0.6) is 0 Å². The number of allylic oxidation sites excluding steroid dienone is 3. The van der Waals surface area contributed by atoms with Gasteiger partial charge in [-0.25, -0.2) is 4.99 Å². The highest BCUT2D eigenvalue weighted by Gasteiger charge is 2.29. The van der Waals surface area contributed by atoms with Crippen LogP contribution in [0.3, 0.4) is 0 Å². The molecule has 2 aliphatic rings. The van der Waals surface area contributed by atoms with E-state index in [2.05, 4.69) is 184 Å². The Hall–Kier alpha value is -6.39. The van der Waals surface area contributed by atoms with Crippen molar-refractivity contribution >= 4 is 55.0 Å². The van der Waals surface area contributed by atoms with Gasteiger partial charge in [0.15, 0.2) is 0 Å². The van der Waals surface area contributed by atoms with Gasteiger partial charge in [0, 0.05) is 46.4 Å². The topological polar surface area (TPSA) is 25.5 Å². The van der Waals surface area contributed by atoms with Crippen molar-refractivity contribution in [2.45, 2.75) is 0 Å². The van der Waals surface area contributed by atoms with Crippen molar-refractivity contribution in [2.75, 3.05) is 6.54 Å². The number of fused-ring (bicyclic) bond motifs is 7. The Morgan fingerprint density at radius 1 is 0.583 bits per heavy atom. The maximum Gasteiger partial charge on any atom is 0.215 e. The zero-order valence-corrected chi connectivity index (χ0v) is 26.2. The van der Waals surface area contributed by atoms with Crippen molar-refractivity contribution in [3.63, 3.8) is 0 Å². The molecule has 0 bridgehead atoms. The van der Waals surface area contributed by atoms with Gasteiger partial charge in [-0.2, -0.15) is 0 Å². The van der Waals surface area contributed by atoms with E-state index in [4.69, 9.17) is 4.99 Å². The normalized spacial score (nSPS) is 14.4. The minimum absolute atomic E-state index is 0.736. The third-order valence-corrected chi connectivity index (χ3v) is 9.81. The van der Waals surface area contributed by atoms with Crippen LogP contribution in [0.25, 0.3) is 65.9 Å². The summed E-state index contributed by atoms with van der Waals surface area (Å²) in [6, 6.07) is 50.1. The SMILES string of the molecule is C1=CCN2C(=C1)C(c1cccc(-c3cccc4ccccc34)c1)=CN=C2n1c2ccccc2c2ccc3c(ccn3-c3ccccc3)c21. The minimum atomic E-state index is 0.736. The first-order chi connectivity index (χ1) is 23.8. The van der Waals surface area contributed by atoms with Crippen molar-refractivity contribution in [1.29, 1.82) is 0 Å². The van der Waals surface area contributed by atoms with Gasteiger partial charge in [0.2, 0.25) is 5.96 Å². The van der Waals surface area contributed by atoms with Crippen LogP contribution >= 0.6 is 0 Å². The number of para-hydroxylation sites is 2. The van der Waals surface area contributed by atoms with Crippen LogP contribution in [0.4, 0.5) is 0 Å². The van der Waals surface area contributed by atoms with Gasteiger partial charge in [-0.15, -0.1) is 0 Å². The lowest BCUT2D eigenvalue weighted by Crippen LogP contribution is -2.38. The summed E-state index contributed by atoms with van der Waals surface area (Å²) in [7, 11) is 0. The van der Waals surface area contributed by atoms with Crippen molar-refractivity contribution in [1.82, 2.24) is 14.0 Å². The lowest BCUT2D eigenvalue weighted by Gasteiger charge is -2.34. The fourth-order valence-corrected chi connectivity index (χ4v) is 7.63. The Kier molecular flexibility index (Phi) is 5.90. The van der Waals surface area contributed by atoms with Gasteiger partial charge in [-0.05, 0) is 69.9 Å². The van der Waals surface area contributed by atoms with Crippen molar-refractivity contribution in [3.05, 3.63) is 181 Å². The standard InChI is InChI=1S/C44H30N4/c1-2-16-33(17-3-1)46-27-25-38-41(46)24-23-37-36-19-6-7-22-42(36)48(43(37)38)44-45-29-39(40-21-8-9-26-47(40)44)32-15-10-14-31(28-32)35-20-11-13-30-12-4-5-18-34(30)35/h1-25,27-29H,26H2. The highest BCUT2D eigenvalue weighted by molar-refractivity contribution is 6.22. The molecule has 0 atom stereocenters. The molecule has 10 rings (SSSR count). The van der Waals surface area contributed by atoms with E-state index in [1.54, 1.807) is 0 Å². The van der Waals surface area contributed by atoms with Gasteiger partial charge in [0.25, 0.3) is 0 Å². The third-order valence-electron chi connectivity index (χ3n) is 9.81. The molecule has 226 valence electrons. The zero-order chi connectivity index (χ0) is 31.6. The maximum atomic E-state index is 5.30. The summed E-state index contributed by atoms with van der Waals surface area (Å²) in [5.41, 5.74) is 10.5. The molecule has 0 saturated carbocycles. The van der Waals surface area contributed by atoms with E-state index < -0.39 is 0 Å². The van der Waals surface area contributed by atoms with Gasteiger partial charge in [0.1, 0.15) is 0 Å². The van der Waals surface area contributed by atoms with Gasteiger partial charge >= 0.3 is 0 Å². The summed E-state index contributed by atoms with van der Waals surface area (Å²) in [6.45, 7) is 0.736. The zero-order valence-electron chi connectivity index (χ0n) is 26.2. The highest BCUT2D eigenvalue weighted by atomic mass is 15.3. The van der Waals surface area contributed by atoms with Crippen LogP contribution in [0.2, 0.25) is 0 Å². The molecule has 0 amide bonds. The molecule has 4 heteroatoms. The third kappa shape index (κ3) is 3.99. The first-order valence-electron chi connectivity index (χ1n) is 16.4. The monoisotopic (exact) mass is 614 g/mol. The molecule has 0 spiro atoms. The molecule has 0 fully saturated rings. The van der Waals surface area contributed by atoms with Crippen LogP contribution in [-0.2, 0) is 0 Å². The largest absolute Gasteiger partial charge is 0.316 e. The van der Waals surface area contributed by atoms with E-state index in [-0.39, 0.29) is 0 Å². The van der Waals surface area contributed by atoms with E-state index in [1.807, 2.05) is 0 Å². The Morgan fingerprint density at radius 2 is 1.38 bits per heavy atom. The van der Waals surface area contributed by atoms with Gasteiger partial charge in [0.05, 0.1) is 22.2 Å². The lowest BCUT2D eigenvalue weighted by molar-refractivity contribution is 0.562. The smallest absolute Gasteiger partial charge is 0.215 e. The van der Waals surface area contributed by atoms with E-state index in [1.165, 1.54) is 49.1 Å². The Balaban J connectivity index is 1.18. The van der Waals surface area contributed by atoms with Crippen molar-refractivity contribution in [2.24, 2.45) is 4.99 Å². The second-order valence-electron chi connectivity index (χ2n) is 12.4. The van der Waals surface area contributed by atoms with Gasteiger partial charge in [-0.1, -0.05) is 115 Å². The molecule has 2 aromatic heterocycles. The average Bonchev–Trinajstić information content (AvgIpc) is 3.74. The summed E-state index contributed by atoms with van der Waals surface area (Å²) in [6.07, 6.45) is 10.9. The van der Waals surface area contributed by atoms with Gasteiger partial charge in [-0.3, -0.25) is 4.57 Å². The number of nitrogens with zero attached hydrogens (tertiary/aromatic N) is 4. The summed E-state index contributed by atoms with van der Waals surface area (Å²) in [4.78, 5) is 7.66. The molecule has 0 unspecified atom stereocenters. The predicted molar refractivity (Wildman–Crippen MR) is 200 cm³/mol.